The molecule has 2 N–H and O–H groups in total. The van der Waals surface area contributed by atoms with Gasteiger partial charge in [-0.05, 0) is 37.0 Å². The Morgan fingerprint density at radius 2 is 2.21 bits per heavy atom. The quantitative estimate of drug-likeness (QED) is 0.689. The number of benzene rings is 1. The van der Waals surface area contributed by atoms with Crippen LogP contribution in [0.3, 0.4) is 0 Å². The number of hydrogen-bond donors (Lipinski definition) is 1. The Morgan fingerprint density at radius 1 is 1.43 bits per heavy atom. The predicted octanol–water partition coefficient (Wildman–Crippen LogP) is 2.42. The lowest BCUT2D eigenvalue weighted by molar-refractivity contribution is 0.659. The molecule has 0 amide bonds. The molecule has 14 heavy (non-hydrogen) atoms. The maximum Gasteiger partial charge on any atom is 0.0416 e. The van der Waals surface area contributed by atoms with Crippen molar-refractivity contribution in [1.82, 2.24) is 0 Å². The molecule has 1 aliphatic rings. The molecule has 1 unspecified atom stereocenters. The van der Waals surface area contributed by atoms with Gasteiger partial charge in [-0.1, -0.05) is 13.0 Å². The van der Waals surface area contributed by atoms with Crippen LogP contribution in [0.5, 0.6) is 0 Å². The van der Waals surface area contributed by atoms with Crippen molar-refractivity contribution in [2.24, 2.45) is 5.92 Å². The second kappa shape index (κ2) is 3.52. The van der Waals surface area contributed by atoms with Gasteiger partial charge in [0.2, 0.25) is 0 Å². The van der Waals surface area contributed by atoms with Crippen LogP contribution in [-0.2, 0) is 0 Å². The van der Waals surface area contributed by atoms with E-state index in [1.54, 1.807) is 0 Å². The summed E-state index contributed by atoms with van der Waals surface area (Å²) in [5.74, 6) is 0.816. The highest BCUT2D eigenvalue weighted by Crippen LogP contribution is 2.28. The van der Waals surface area contributed by atoms with Crippen LogP contribution >= 0.6 is 0 Å². The first kappa shape index (κ1) is 9.38. The molecule has 1 saturated heterocycles. The fourth-order valence-corrected chi connectivity index (χ4v) is 2.12. The third-order valence-electron chi connectivity index (χ3n) is 3.00. The third kappa shape index (κ3) is 1.69. The molecule has 2 rings (SSSR count). The summed E-state index contributed by atoms with van der Waals surface area (Å²) in [6.45, 7) is 6.80. The van der Waals surface area contributed by atoms with Crippen LogP contribution in [-0.4, -0.2) is 13.1 Å². The standard InChI is InChI=1S/C12H18N2/c1-9-5-6-14(8-9)12-7-11(13)4-3-10(12)2/h3-4,7,9H,5-6,8,13H2,1-2H3. The van der Waals surface area contributed by atoms with Gasteiger partial charge in [0.1, 0.15) is 0 Å². The van der Waals surface area contributed by atoms with Gasteiger partial charge in [0.15, 0.2) is 0 Å². The molecule has 0 spiro atoms. The van der Waals surface area contributed by atoms with E-state index in [1.807, 2.05) is 6.07 Å². The molecule has 0 aromatic heterocycles. The Kier molecular flexibility index (Phi) is 2.36. The van der Waals surface area contributed by atoms with Crippen molar-refractivity contribution in [3.8, 4) is 0 Å². The molecule has 0 aliphatic carbocycles. The number of nitrogens with zero attached hydrogens (tertiary/aromatic N) is 1. The Hall–Kier alpha value is -1.18. The minimum Gasteiger partial charge on any atom is -0.399 e. The maximum absolute atomic E-state index is 5.80. The number of anilines is 2. The maximum atomic E-state index is 5.80. The summed E-state index contributed by atoms with van der Waals surface area (Å²) in [6.07, 6.45) is 1.30. The van der Waals surface area contributed by atoms with E-state index in [4.69, 9.17) is 5.73 Å². The Bertz CT molecular complexity index is 333. The normalized spacial score (nSPS) is 21.6. The molecule has 2 heteroatoms. The van der Waals surface area contributed by atoms with Crippen LogP contribution in [0.2, 0.25) is 0 Å². The second-order valence-electron chi connectivity index (χ2n) is 4.39. The van der Waals surface area contributed by atoms with E-state index in [2.05, 4.69) is 30.9 Å². The molecular weight excluding hydrogens is 172 g/mol. The Balaban J connectivity index is 2.27. The van der Waals surface area contributed by atoms with Gasteiger partial charge in [-0.2, -0.15) is 0 Å². The summed E-state index contributed by atoms with van der Waals surface area (Å²) in [5.41, 5.74) is 9.31. The average Bonchev–Trinajstić information content (AvgIpc) is 2.56. The predicted molar refractivity (Wildman–Crippen MR) is 61.6 cm³/mol. The van der Waals surface area contributed by atoms with Crippen molar-refractivity contribution < 1.29 is 0 Å². The molecule has 1 aromatic rings. The van der Waals surface area contributed by atoms with Gasteiger partial charge in [-0.3, -0.25) is 0 Å². The molecule has 1 heterocycles. The van der Waals surface area contributed by atoms with Gasteiger partial charge in [0, 0.05) is 24.5 Å². The van der Waals surface area contributed by atoms with Gasteiger partial charge in [-0.25, -0.2) is 0 Å². The molecule has 2 nitrogen and oxygen atoms in total. The Morgan fingerprint density at radius 3 is 2.86 bits per heavy atom. The Labute approximate surface area is 85.7 Å². The smallest absolute Gasteiger partial charge is 0.0416 e. The van der Waals surface area contributed by atoms with Gasteiger partial charge in [0.05, 0.1) is 0 Å². The van der Waals surface area contributed by atoms with E-state index in [9.17, 15) is 0 Å². The summed E-state index contributed by atoms with van der Waals surface area (Å²) in [7, 11) is 0. The van der Waals surface area contributed by atoms with Gasteiger partial charge < -0.3 is 10.6 Å². The van der Waals surface area contributed by atoms with E-state index >= 15 is 0 Å². The van der Waals surface area contributed by atoms with Crippen LogP contribution < -0.4 is 10.6 Å². The fraction of sp³-hybridized carbons (Fsp3) is 0.500. The number of aryl methyl sites for hydroxylation is 1. The molecular formula is C12H18N2. The summed E-state index contributed by atoms with van der Waals surface area (Å²) in [6, 6.07) is 6.17. The van der Waals surface area contributed by atoms with Crippen molar-refractivity contribution in [3.05, 3.63) is 23.8 Å². The number of nitrogens with two attached hydrogens (primary N) is 1. The van der Waals surface area contributed by atoms with E-state index < -0.39 is 0 Å². The van der Waals surface area contributed by atoms with E-state index in [-0.39, 0.29) is 0 Å². The van der Waals surface area contributed by atoms with E-state index in [0.29, 0.717) is 0 Å². The second-order valence-corrected chi connectivity index (χ2v) is 4.39. The largest absolute Gasteiger partial charge is 0.399 e. The lowest BCUT2D eigenvalue weighted by atomic mass is 10.1. The first-order valence-corrected chi connectivity index (χ1v) is 5.28. The third-order valence-corrected chi connectivity index (χ3v) is 3.00. The van der Waals surface area contributed by atoms with Gasteiger partial charge in [-0.15, -0.1) is 0 Å². The van der Waals surface area contributed by atoms with E-state index in [0.717, 1.165) is 11.6 Å². The lowest BCUT2D eigenvalue weighted by Crippen LogP contribution is -2.20. The van der Waals surface area contributed by atoms with Crippen molar-refractivity contribution in [2.75, 3.05) is 23.7 Å². The van der Waals surface area contributed by atoms with Crippen molar-refractivity contribution in [1.29, 1.82) is 0 Å². The van der Waals surface area contributed by atoms with Gasteiger partial charge in [0.25, 0.3) is 0 Å². The first-order chi connectivity index (χ1) is 6.66. The summed E-state index contributed by atoms with van der Waals surface area (Å²) < 4.78 is 0. The molecule has 76 valence electrons. The minimum atomic E-state index is 0.816. The highest BCUT2D eigenvalue weighted by molar-refractivity contribution is 5.61. The molecule has 0 radical (unpaired) electrons. The number of hydrogen-bond acceptors (Lipinski definition) is 2. The number of nitrogen functional groups attached to an aromatic ring is 1. The molecule has 1 fully saturated rings. The molecule has 1 aliphatic heterocycles. The van der Waals surface area contributed by atoms with Crippen LogP contribution in [0.4, 0.5) is 11.4 Å². The van der Waals surface area contributed by atoms with Crippen molar-refractivity contribution >= 4 is 11.4 Å². The average molecular weight is 190 g/mol. The summed E-state index contributed by atoms with van der Waals surface area (Å²) >= 11 is 0. The molecule has 0 saturated carbocycles. The molecule has 1 aromatic carbocycles. The zero-order valence-electron chi connectivity index (χ0n) is 8.96. The highest BCUT2D eigenvalue weighted by Gasteiger charge is 2.19. The monoisotopic (exact) mass is 190 g/mol. The summed E-state index contributed by atoms with van der Waals surface area (Å²) in [5, 5.41) is 0. The first-order valence-electron chi connectivity index (χ1n) is 5.28. The number of rotatable bonds is 1. The van der Waals surface area contributed by atoms with Gasteiger partial charge >= 0.3 is 0 Å². The van der Waals surface area contributed by atoms with Crippen LogP contribution in [0, 0.1) is 12.8 Å². The highest BCUT2D eigenvalue weighted by atomic mass is 15.2. The van der Waals surface area contributed by atoms with Crippen LogP contribution in [0.25, 0.3) is 0 Å². The SMILES string of the molecule is Cc1ccc(N)cc1N1CCC(C)C1. The summed E-state index contributed by atoms with van der Waals surface area (Å²) in [4.78, 5) is 2.44. The van der Waals surface area contributed by atoms with E-state index in [1.165, 1.54) is 30.8 Å². The zero-order chi connectivity index (χ0) is 10.1. The minimum absolute atomic E-state index is 0.816. The molecule has 1 atom stereocenters. The van der Waals surface area contributed by atoms with Crippen LogP contribution in [0.1, 0.15) is 18.9 Å². The van der Waals surface area contributed by atoms with Crippen molar-refractivity contribution in [2.45, 2.75) is 20.3 Å². The molecule has 0 bridgehead atoms. The fourth-order valence-electron chi connectivity index (χ4n) is 2.12. The zero-order valence-corrected chi connectivity index (χ0v) is 8.96. The van der Waals surface area contributed by atoms with Crippen LogP contribution in [0.15, 0.2) is 18.2 Å². The lowest BCUT2D eigenvalue weighted by Gasteiger charge is -2.20. The van der Waals surface area contributed by atoms with Crippen molar-refractivity contribution in [3.63, 3.8) is 0 Å². The topological polar surface area (TPSA) is 29.3 Å².